The molecule has 3 aromatic rings. The Morgan fingerprint density at radius 2 is 1.97 bits per heavy atom. The van der Waals surface area contributed by atoms with Gasteiger partial charge in [0.25, 0.3) is 11.5 Å². The van der Waals surface area contributed by atoms with Gasteiger partial charge in [-0.2, -0.15) is 0 Å². The molecule has 1 N–H and O–H groups in total. The monoisotopic (exact) mass is 485 g/mol. The van der Waals surface area contributed by atoms with E-state index < -0.39 is 11.9 Å². The molecule has 1 aliphatic heterocycles. The molecule has 0 aliphatic carbocycles. The van der Waals surface area contributed by atoms with Crippen LogP contribution in [0.4, 0.5) is 4.39 Å². The average molecular weight is 486 g/mol. The highest BCUT2D eigenvalue weighted by molar-refractivity contribution is 6.33. The number of pyridine rings is 1. The summed E-state index contributed by atoms with van der Waals surface area (Å²) in [5.41, 5.74) is 0.902. The Morgan fingerprint density at radius 1 is 1.21 bits per heavy atom. The Kier molecular flexibility index (Phi) is 6.61. The zero-order valence-electron chi connectivity index (χ0n) is 19.1. The van der Waals surface area contributed by atoms with E-state index in [1.54, 1.807) is 48.0 Å². The number of halogens is 2. The van der Waals surface area contributed by atoms with E-state index >= 15 is 0 Å². The molecular formula is C25H25ClFN3O4. The zero-order valence-corrected chi connectivity index (χ0v) is 19.9. The number of nitrogens with one attached hydrogen (secondary N) is 1. The summed E-state index contributed by atoms with van der Waals surface area (Å²) in [6.45, 7) is 4.30. The van der Waals surface area contributed by atoms with Crippen LogP contribution in [0, 0.1) is 5.82 Å². The van der Waals surface area contributed by atoms with Gasteiger partial charge in [0.15, 0.2) is 6.10 Å². The quantitative estimate of drug-likeness (QED) is 0.595. The number of likely N-dealkylation sites (tertiary alicyclic amines) is 1. The second kappa shape index (κ2) is 9.46. The van der Waals surface area contributed by atoms with Crippen LogP contribution in [0.25, 0.3) is 21.9 Å². The first-order valence-corrected chi connectivity index (χ1v) is 11.3. The lowest BCUT2D eigenvalue weighted by molar-refractivity contribution is -0.139. The van der Waals surface area contributed by atoms with E-state index in [1.165, 1.54) is 25.3 Å². The Morgan fingerprint density at radius 3 is 2.65 bits per heavy atom. The van der Waals surface area contributed by atoms with Crippen molar-refractivity contribution in [1.82, 2.24) is 14.8 Å². The Bertz CT molecular complexity index is 1330. The normalized spacial score (nSPS) is 16.5. The number of hydrogen-bond donors (Lipinski definition) is 1. The summed E-state index contributed by atoms with van der Waals surface area (Å²) >= 11 is 6.23. The number of fused-ring (bicyclic) bond motifs is 1. The van der Waals surface area contributed by atoms with Gasteiger partial charge < -0.3 is 19.5 Å². The van der Waals surface area contributed by atoms with Crippen molar-refractivity contribution in [3.05, 3.63) is 63.8 Å². The van der Waals surface area contributed by atoms with Crippen LogP contribution < -0.4 is 10.3 Å². The van der Waals surface area contributed by atoms with E-state index in [0.29, 0.717) is 47.2 Å². The van der Waals surface area contributed by atoms with Crippen molar-refractivity contribution in [2.45, 2.75) is 32.4 Å². The van der Waals surface area contributed by atoms with Gasteiger partial charge in [0.2, 0.25) is 5.91 Å². The van der Waals surface area contributed by atoms with Gasteiger partial charge in [0.1, 0.15) is 11.6 Å². The van der Waals surface area contributed by atoms with Crippen molar-refractivity contribution < 1.29 is 18.7 Å². The van der Waals surface area contributed by atoms with Crippen LogP contribution in [-0.2, 0) is 9.59 Å². The number of ether oxygens (including phenoxy) is 1. The van der Waals surface area contributed by atoms with Gasteiger partial charge in [-0.25, -0.2) is 4.39 Å². The van der Waals surface area contributed by atoms with Crippen LogP contribution in [0.1, 0.15) is 20.3 Å². The van der Waals surface area contributed by atoms with E-state index in [2.05, 4.69) is 4.98 Å². The standard InChI is InChI=1S/C25H25ClFN3O4/c1-14(25(33)29(3)17-8-9-30(13-17)15(2)31)34-18-5-7-19-21(11-18)24(32)28-12-22(19)20-6-4-16(27)10-23(20)26/h4-7,10-12,14,17H,8-9,13H2,1-3H3,(H,28,32)/t14-,17+/m1/s1. The van der Waals surface area contributed by atoms with Crippen molar-refractivity contribution in [1.29, 1.82) is 0 Å². The van der Waals surface area contributed by atoms with Crippen molar-refractivity contribution in [3.63, 3.8) is 0 Å². The molecule has 2 atom stereocenters. The molecule has 0 saturated carbocycles. The minimum Gasteiger partial charge on any atom is -0.481 e. The van der Waals surface area contributed by atoms with Gasteiger partial charge in [-0.1, -0.05) is 11.6 Å². The van der Waals surface area contributed by atoms with E-state index in [-0.39, 0.29) is 28.4 Å². The molecule has 1 aromatic heterocycles. The lowest BCUT2D eigenvalue weighted by Crippen LogP contribution is -2.45. The predicted octanol–water partition coefficient (Wildman–Crippen LogP) is 3.83. The highest BCUT2D eigenvalue weighted by atomic mass is 35.5. The summed E-state index contributed by atoms with van der Waals surface area (Å²) in [6, 6.07) is 8.99. The number of rotatable bonds is 5. The molecule has 1 saturated heterocycles. The SMILES string of the molecule is CC(=O)N1CC[C@H](N(C)C(=O)[C@@H](C)Oc2ccc3c(-c4ccc(F)cc4Cl)c[nH]c(=O)c3c2)C1. The molecule has 2 heterocycles. The van der Waals surface area contributed by atoms with Crippen LogP contribution in [0.5, 0.6) is 5.75 Å². The molecule has 1 fully saturated rings. The van der Waals surface area contributed by atoms with E-state index in [1.807, 2.05) is 0 Å². The number of likely N-dealkylation sites (N-methyl/N-ethyl adjacent to an activating group) is 1. The summed E-state index contributed by atoms with van der Waals surface area (Å²) in [4.78, 5) is 43.1. The Hall–Kier alpha value is -3.39. The smallest absolute Gasteiger partial charge is 0.263 e. The number of hydrogen-bond acceptors (Lipinski definition) is 4. The van der Waals surface area contributed by atoms with Crippen LogP contribution in [0.2, 0.25) is 5.02 Å². The first-order valence-electron chi connectivity index (χ1n) is 11.0. The van der Waals surface area contributed by atoms with Gasteiger partial charge in [-0.15, -0.1) is 0 Å². The summed E-state index contributed by atoms with van der Waals surface area (Å²) in [5, 5.41) is 1.21. The number of nitrogens with zero attached hydrogens (tertiary/aromatic N) is 2. The van der Waals surface area contributed by atoms with Crippen LogP contribution >= 0.6 is 11.6 Å². The third-order valence-corrected chi connectivity index (χ3v) is 6.57. The molecule has 0 spiro atoms. The number of amides is 2. The molecule has 2 amide bonds. The van der Waals surface area contributed by atoms with Crippen molar-refractivity contribution in [2.75, 3.05) is 20.1 Å². The van der Waals surface area contributed by atoms with Gasteiger partial charge in [0.05, 0.1) is 16.5 Å². The molecule has 178 valence electrons. The summed E-state index contributed by atoms with van der Waals surface area (Å²) in [5.74, 6) is -0.300. The molecule has 9 heteroatoms. The second-order valence-corrected chi connectivity index (χ2v) is 8.89. The average Bonchev–Trinajstić information content (AvgIpc) is 3.30. The minimum absolute atomic E-state index is 0.00433. The van der Waals surface area contributed by atoms with E-state index in [0.717, 1.165) is 0 Å². The van der Waals surface area contributed by atoms with Gasteiger partial charge in [0, 0.05) is 44.4 Å². The van der Waals surface area contributed by atoms with Gasteiger partial charge in [-0.05, 0) is 55.1 Å². The van der Waals surface area contributed by atoms with Crippen LogP contribution in [-0.4, -0.2) is 58.9 Å². The topological polar surface area (TPSA) is 82.7 Å². The first-order chi connectivity index (χ1) is 16.2. The third-order valence-electron chi connectivity index (χ3n) is 6.26. The number of carbonyl (C=O) groups is 2. The molecule has 0 bridgehead atoms. The number of aromatic nitrogens is 1. The van der Waals surface area contributed by atoms with Gasteiger partial charge >= 0.3 is 0 Å². The lowest BCUT2D eigenvalue weighted by Gasteiger charge is -2.27. The molecule has 34 heavy (non-hydrogen) atoms. The van der Waals surface area contributed by atoms with Gasteiger partial charge in [-0.3, -0.25) is 14.4 Å². The highest BCUT2D eigenvalue weighted by Crippen LogP contribution is 2.33. The Balaban J connectivity index is 1.56. The van der Waals surface area contributed by atoms with Crippen molar-refractivity contribution in [2.24, 2.45) is 0 Å². The zero-order chi connectivity index (χ0) is 24.6. The first kappa shape index (κ1) is 23.8. The largest absolute Gasteiger partial charge is 0.481 e. The molecule has 0 unspecified atom stereocenters. The van der Waals surface area contributed by atoms with E-state index in [4.69, 9.17) is 16.3 Å². The fraction of sp³-hybridized carbons (Fsp3) is 0.320. The molecule has 1 aliphatic rings. The maximum absolute atomic E-state index is 13.5. The van der Waals surface area contributed by atoms with Crippen LogP contribution in [0.15, 0.2) is 47.4 Å². The predicted molar refractivity (Wildman–Crippen MR) is 128 cm³/mol. The third kappa shape index (κ3) is 4.63. The number of aromatic amines is 1. The summed E-state index contributed by atoms with van der Waals surface area (Å²) < 4.78 is 19.4. The fourth-order valence-electron chi connectivity index (χ4n) is 4.31. The maximum atomic E-state index is 13.5. The molecule has 0 radical (unpaired) electrons. The maximum Gasteiger partial charge on any atom is 0.263 e. The Labute approximate surface area is 201 Å². The molecule has 4 rings (SSSR count). The van der Waals surface area contributed by atoms with Crippen LogP contribution in [0.3, 0.4) is 0 Å². The minimum atomic E-state index is -0.789. The number of benzene rings is 2. The molecule has 7 nitrogen and oxygen atoms in total. The highest BCUT2D eigenvalue weighted by Gasteiger charge is 2.32. The number of carbonyl (C=O) groups excluding carboxylic acids is 2. The van der Waals surface area contributed by atoms with Crippen molar-refractivity contribution >= 4 is 34.2 Å². The summed E-state index contributed by atoms with van der Waals surface area (Å²) in [7, 11) is 1.71. The summed E-state index contributed by atoms with van der Waals surface area (Å²) in [6.07, 6.45) is 1.47. The lowest BCUT2D eigenvalue weighted by atomic mass is 10.0. The second-order valence-electron chi connectivity index (χ2n) is 8.48. The molecular weight excluding hydrogens is 461 g/mol. The van der Waals surface area contributed by atoms with E-state index in [9.17, 15) is 18.8 Å². The van der Waals surface area contributed by atoms with Crippen molar-refractivity contribution in [3.8, 4) is 16.9 Å². The number of H-pyrrole nitrogens is 1. The molecule has 2 aromatic carbocycles. The fourth-order valence-corrected chi connectivity index (χ4v) is 4.58.